The fourth-order valence-corrected chi connectivity index (χ4v) is 0.513. The van der Waals surface area contributed by atoms with Gasteiger partial charge in [-0.1, -0.05) is 6.92 Å². The molecule has 0 radical (unpaired) electrons. The highest BCUT2D eigenvalue weighted by Crippen LogP contribution is 2.03. The molecule has 4 nitrogen and oxygen atoms in total. The van der Waals surface area contributed by atoms with Crippen molar-refractivity contribution in [1.82, 2.24) is 0 Å². The van der Waals surface area contributed by atoms with Crippen molar-refractivity contribution in [2.75, 3.05) is 0 Å². The van der Waals surface area contributed by atoms with Crippen LogP contribution in [0.3, 0.4) is 0 Å². The molecular weight excluding hydrogens is 160 g/mol. The van der Waals surface area contributed by atoms with Gasteiger partial charge in [0.2, 0.25) is 0 Å². The number of carbonyl (C=O) groups excluding carboxylic acids is 2. The Morgan fingerprint density at radius 2 is 1.83 bits per heavy atom. The van der Waals surface area contributed by atoms with Crippen LogP contribution in [-0.2, 0) is 19.1 Å². The van der Waals surface area contributed by atoms with Gasteiger partial charge in [0.15, 0.2) is 0 Å². The van der Waals surface area contributed by atoms with Crippen molar-refractivity contribution in [3.05, 3.63) is 12.0 Å². The molecule has 0 bridgehead atoms. The molecule has 0 atom stereocenters. The Morgan fingerprint density at radius 1 is 1.25 bits per heavy atom. The molecule has 0 aliphatic rings. The Bertz CT molecular complexity index is 205. The summed E-state index contributed by atoms with van der Waals surface area (Å²) in [5.74, 6) is -0.513. The van der Waals surface area contributed by atoms with Crippen LogP contribution in [0.4, 0.5) is 0 Å². The van der Waals surface area contributed by atoms with Crippen molar-refractivity contribution in [3.63, 3.8) is 0 Å². The highest BCUT2D eigenvalue weighted by molar-refractivity contribution is 5.68. The molecule has 4 heteroatoms. The fourth-order valence-electron chi connectivity index (χ4n) is 0.513. The number of rotatable bonds is 3. The summed E-state index contributed by atoms with van der Waals surface area (Å²) in [4.78, 5) is 20.8. The third-order valence-electron chi connectivity index (χ3n) is 0.980. The quantitative estimate of drug-likeness (QED) is 0.476. The largest absolute Gasteiger partial charge is 0.431 e. The van der Waals surface area contributed by atoms with Crippen molar-refractivity contribution in [1.29, 1.82) is 0 Å². The topological polar surface area (TPSA) is 52.6 Å². The van der Waals surface area contributed by atoms with E-state index in [9.17, 15) is 9.59 Å². The van der Waals surface area contributed by atoms with Crippen LogP contribution in [-0.4, -0.2) is 11.9 Å². The monoisotopic (exact) mass is 172 g/mol. The van der Waals surface area contributed by atoms with Crippen molar-refractivity contribution in [3.8, 4) is 0 Å². The molecule has 0 aromatic heterocycles. The van der Waals surface area contributed by atoms with Gasteiger partial charge in [0, 0.05) is 20.3 Å². The van der Waals surface area contributed by atoms with E-state index in [4.69, 9.17) is 4.74 Å². The van der Waals surface area contributed by atoms with Crippen molar-refractivity contribution >= 4 is 11.9 Å². The van der Waals surface area contributed by atoms with Crippen LogP contribution >= 0.6 is 0 Å². The zero-order valence-electron chi connectivity index (χ0n) is 7.42. The first-order valence-corrected chi connectivity index (χ1v) is 3.61. The number of hydrogen-bond acceptors (Lipinski definition) is 4. The molecule has 0 aliphatic carbocycles. The maximum absolute atomic E-state index is 10.5. The van der Waals surface area contributed by atoms with E-state index >= 15 is 0 Å². The molecule has 0 aromatic rings. The van der Waals surface area contributed by atoms with Gasteiger partial charge >= 0.3 is 11.9 Å². The van der Waals surface area contributed by atoms with Crippen LogP contribution in [0.25, 0.3) is 0 Å². The zero-order valence-corrected chi connectivity index (χ0v) is 7.42. The number of allylic oxidation sites excluding steroid dienone is 1. The minimum atomic E-state index is -0.437. The molecule has 0 saturated heterocycles. The second-order valence-electron chi connectivity index (χ2n) is 2.14. The van der Waals surface area contributed by atoms with Gasteiger partial charge < -0.3 is 9.47 Å². The summed E-state index contributed by atoms with van der Waals surface area (Å²) in [6.45, 7) is 4.35. The SMILES string of the molecule is CC/C(=C/OC(C)=O)OC(C)=O. The molecule has 0 spiro atoms. The lowest BCUT2D eigenvalue weighted by Gasteiger charge is -2.02. The molecule has 0 aliphatic heterocycles. The maximum Gasteiger partial charge on any atom is 0.307 e. The Hall–Kier alpha value is -1.32. The van der Waals surface area contributed by atoms with Gasteiger partial charge in [-0.25, -0.2) is 0 Å². The standard InChI is InChI=1S/C8H12O4/c1-4-8(12-7(3)10)5-11-6(2)9/h5H,4H2,1-3H3/b8-5-. The highest BCUT2D eigenvalue weighted by atomic mass is 16.6. The van der Waals surface area contributed by atoms with Gasteiger partial charge in [0.05, 0.1) is 0 Å². The van der Waals surface area contributed by atoms with Gasteiger partial charge in [-0.2, -0.15) is 0 Å². The molecule has 0 fully saturated rings. The lowest BCUT2D eigenvalue weighted by Crippen LogP contribution is -2.00. The van der Waals surface area contributed by atoms with E-state index < -0.39 is 11.9 Å². The summed E-state index contributed by atoms with van der Waals surface area (Å²) in [6.07, 6.45) is 1.65. The minimum absolute atomic E-state index is 0.345. The average molecular weight is 172 g/mol. The van der Waals surface area contributed by atoms with Gasteiger partial charge in [-0.3, -0.25) is 9.59 Å². The summed E-state index contributed by atoms with van der Waals surface area (Å²) < 4.78 is 9.21. The van der Waals surface area contributed by atoms with E-state index in [-0.39, 0.29) is 0 Å². The second kappa shape index (κ2) is 5.35. The van der Waals surface area contributed by atoms with Crippen LogP contribution in [0, 0.1) is 0 Å². The molecule has 0 heterocycles. The number of hydrogen-bond donors (Lipinski definition) is 0. The molecule has 0 saturated carbocycles. The Labute approximate surface area is 71.2 Å². The van der Waals surface area contributed by atoms with Crippen LogP contribution in [0.15, 0.2) is 12.0 Å². The third-order valence-corrected chi connectivity index (χ3v) is 0.980. The van der Waals surface area contributed by atoms with E-state index in [1.807, 2.05) is 0 Å². The summed E-state index contributed by atoms with van der Waals surface area (Å²) in [6, 6.07) is 0. The van der Waals surface area contributed by atoms with Crippen LogP contribution in [0.1, 0.15) is 27.2 Å². The van der Waals surface area contributed by atoms with Gasteiger partial charge in [-0.05, 0) is 0 Å². The first-order valence-electron chi connectivity index (χ1n) is 3.61. The fraction of sp³-hybridized carbons (Fsp3) is 0.500. The predicted octanol–water partition coefficient (Wildman–Crippen LogP) is 1.36. The highest BCUT2D eigenvalue weighted by Gasteiger charge is 2.00. The van der Waals surface area contributed by atoms with Crippen LogP contribution in [0.5, 0.6) is 0 Å². The Kier molecular flexibility index (Phi) is 4.76. The van der Waals surface area contributed by atoms with E-state index in [1.54, 1.807) is 6.92 Å². The molecule has 68 valence electrons. The normalized spacial score (nSPS) is 10.8. The summed E-state index contributed by atoms with van der Waals surface area (Å²) >= 11 is 0. The Morgan fingerprint density at radius 3 is 2.17 bits per heavy atom. The first-order chi connectivity index (χ1) is 5.56. The van der Waals surface area contributed by atoms with Crippen molar-refractivity contribution < 1.29 is 19.1 Å². The molecular formula is C8H12O4. The van der Waals surface area contributed by atoms with Gasteiger partial charge in [0.25, 0.3) is 0 Å². The summed E-state index contributed by atoms with van der Waals surface area (Å²) in [5, 5.41) is 0. The van der Waals surface area contributed by atoms with Crippen LogP contribution < -0.4 is 0 Å². The molecule has 0 unspecified atom stereocenters. The number of esters is 2. The zero-order chi connectivity index (χ0) is 9.56. The van der Waals surface area contributed by atoms with E-state index in [0.717, 1.165) is 6.26 Å². The molecule has 0 N–H and O–H groups in total. The van der Waals surface area contributed by atoms with Gasteiger partial charge in [-0.15, -0.1) is 0 Å². The first kappa shape index (κ1) is 10.7. The summed E-state index contributed by atoms with van der Waals surface area (Å²) in [5.41, 5.74) is 0. The third kappa shape index (κ3) is 5.46. The van der Waals surface area contributed by atoms with Crippen LogP contribution in [0.2, 0.25) is 0 Å². The maximum atomic E-state index is 10.5. The molecule has 0 aromatic carbocycles. The second-order valence-corrected chi connectivity index (χ2v) is 2.14. The lowest BCUT2D eigenvalue weighted by molar-refractivity contribution is -0.140. The molecule has 0 amide bonds. The average Bonchev–Trinajstić information content (AvgIpc) is 1.97. The van der Waals surface area contributed by atoms with E-state index in [0.29, 0.717) is 12.2 Å². The summed E-state index contributed by atoms with van der Waals surface area (Å²) in [7, 11) is 0. The Balaban J connectivity index is 4.04. The van der Waals surface area contributed by atoms with Gasteiger partial charge in [0.1, 0.15) is 12.0 Å². The van der Waals surface area contributed by atoms with E-state index in [2.05, 4.69) is 4.74 Å². The number of carbonyl (C=O) groups is 2. The molecule has 12 heavy (non-hydrogen) atoms. The minimum Gasteiger partial charge on any atom is -0.431 e. The lowest BCUT2D eigenvalue weighted by atomic mass is 10.4. The number of ether oxygens (including phenoxy) is 2. The van der Waals surface area contributed by atoms with E-state index in [1.165, 1.54) is 13.8 Å². The van der Waals surface area contributed by atoms with Crippen molar-refractivity contribution in [2.24, 2.45) is 0 Å². The molecule has 0 rings (SSSR count). The van der Waals surface area contributed by atoms with Crippen molar-refractivity contribution in [2.45, 2.75) is 27.2 Å². The smallest absolute Gasteiger partial charge is 0.307 e. The predicted molar refractivity (Wildman–Crippen MR) is 41.9 cm³/mol.